The van der Waals surface area contributed by atoms with E-state index < -0.39 is 0 Å². The van der Waals surface area contributed by atoms with Crippen LogP contribution in [0.3, 0.4) is 0 Å². The average molecular weight is 490 g/mol. The first-order valence-electron chi connectivity index (χ1n) is 14.5. The number of aryl methyl sites for hydroxylation is 4. The zero-order valence-electron chi connectivity index (χ0n) is 23.1. The second-order valence-electron chi connectivity index (χ2n) is 13.2. The van der Waals surface area contributed by atoms with Crippen molar-refractivity contribution >= 4 is 11.0 Å². The molecule has 4 aliphatic rings. The van der Waals surface area contributed by atoms with Crippen molar-refractivity contribution in [1.29, 1.82) is 0 Å². The predicted molar refractivity (Wildman–Crippen MR) is 152 cm³/mol. The van der Waals surface area contributed by atoms with E-state index in [1.54, 1.807) is 5.56 Å². The molecule has 190 valence electrons. The minimum Gasteiger partial charge on any atom is -0.226 e. The standard InChI is InChI=1S/C35H41N2/c1-23-9-24(2)11-31(10-23)21-37-22-36(33-12-25(3)26(4)13-34(33)37)20-27-5-7-32(8-6-27)35-17-28-14-29(18-35)16-30(15-28)19-35/h5-13,22,28-30H,14-21H2,1-4H3/q+1. The largest absolute Gasteiger partial charge is 0.245 e. The Labute approximate surface area is 222 Å². The van der Waals surface area contributed by atoms with Crippen LogP contribution in [0.2, 0.25) is 0 Å². The van der Waals surface area contributed by atoms with Crippen molar-refractivity contribution in [3.63, 3.8) is 0 Å². The third-order valence-electron chi connectivity index (χ3n) is 10.1. The van der Waals surface area contributed by atoms with Gasteiger partial charge in [-0.1, -0.05) is 53.6 Å². The topological polar surface area (TPSA) is 8.81 Å². The third kappa shape index (κ3) is 4.13. The minimum atomic E-state index is 0.483. The Balaban J connectivity index is 1.20. The van der Waals surface area contributed by atoms with Crippen molar-refractivity contribution in [2.45, 2.75) is 84.7 Å². The summed E-state index contributed by atoms with van der Waals surface area (Å²) in [4.78, 5) is 0. The molecule has 2 heteroatoms. The van der Waals surface area contributed by atoms with Crippen molar-refractivity contribution in [2.75, 3.05) is 0 Å². The summed E-state index contributed by atoms with van der Waals surface area (Å²) in [5, 5.41) is 0. The van der Waals surface area contributed by atoms with E-state index in [0.717, 1.165) is 30.8 Å². The lowest BCUT2D eigenvalue weighted by Gasteiger charge is -2.57. The van der Waals surface area contributed by atoms with Crippen molar-refractivity contribution < 1.29 is 4.57 Å². The molecule has 0 N–H and O–H groups in total. The molecule has 0 radical (unpaired) electrons. The van der Waals surface area contributed by atoms with Crippen LogP contribution in [0.4, 0.5) is 0 Å². The molecule has 4 bridgehead atoms. The number of rotatable bonds is 5. The number of nitrogens with zero attached hydrogens (tertiary/aromatic N) is 2. The summed E-state index contributed by atoms with van der Waals surface area (Å²) in [5.74, 6) is 2.99. The molecule has 2 nitrogen and oxygen atoms in total. The fourth-order valence-corrected chi connectivity index (χ4v) is 8.77. The van der Waals surface area contributed by atoms with Crippen LogP contribution in [-0.2, 0) is 18.5 Å². The van der Waals surface area contributed by atoms with Crippen LogP contribution in [-0.4, -0.2) is 4.57 Å². The van der Waals surface area contributed by atoms with E-state index in [1.165, 1.54) is 82.9 Å². The molecule has 1 aromatic heterocycles. The number of imidazole rings is 1. The second-order valence-corrected chi connectivity index (χ2v) is 13.2. The van der Waals surface area contributed by atoms with Gasteiger partial charge in [0.2, 0.25) is 6.33 Å². The van der Waals surface area contributed by atoms with Gasteiger partial charge in [0.1, 0.15) is 13.1 Å². The smallest absolute Gasteiger partial charge is 0.226 e. The van der Waals surface area contributed by atoms with Crippen LogP contribution in [0.1, 0.15) is 77.5 Å². The van der Waals surface area contributed by atoms with Gasteiger partial charge >= 0.3 is 0 Å². The molecule has 0 spiro atoms. The van der Waals surface area contributed by atoms with Gasteiger partial charge in [-0.25, -0.2) is 9.13 Å². The van der Waals surface area contributed by atoms with Gasteiger partial charge in [-0.2, -0.15) is 0 Å². The molecular formula is C35H41N2+. The van der Waals surface area contributed by atoms with Crippen molar-refractivity contribution in [1.82, 2.24) is 4.57 Å². The molecule has 0 unspecified atom stereocenters. The first-order valence-corrected chi connectivity index (χ1v) is 14.5. The molecule has 37 heavy (non-hydrogen) atoms. The van der Waals surface area contributed by atoms with Gasteiger partial charge in [-0.3, -0.25) is 0 Å². The summed E-state index contributed by atoms with van der Waals surface area (Å²) in [5.41, 5.74) is 12.9. The Morgan fingerprint density at radius 2 is 1.32 bits per heavy atom. The van der Waals surface area contributed by atoms with Gasteiger partial charge in [0.15, 0.2) is 11.0 Å². The quantitative estimate of drug-likeness (QED) is 0.254. The maximum absolute atomic E-state index is 2.49. The number of fused-ring (bicyclic) bond motifs is 1. The third-order valence-corrected chi connectivity index (χ3v) is 10.1. The molecule has 8 rings (SSSR count). The average Bonchev–Trinajstić information content (AvgIpc) is 3.14. The van der Waals surface area contributed by atoms with Crippen molar-refractivity contribution in [3.8, 4) is 0 Å². The second kappa shape index (κ2) is 8.58. The summed E-state index contributed by atoms with van der Waals surface area (Å²) < 4.78 is 4.91. The lowest BCUT2D eigenvalue weighted by molar-refractivity contribution is -0.663. The Kier molecular flexibility index (Phi) is 5.40. The zero-order valence-corrected chi connectivity index (χ0v) is 23.1. The SMILES string of the molecule is Cc1cc(C)cc(C[n+]2cn(Cc3ccc(C45CC6CC(CC(C6)C4)C5)cc3)c3cc(C)c(C)cc32)c1. The molecule has 4 fully saturated rings. The van der Waals surface area contributed by atoms with Crippen molar-refractivity contribution in [2.24, 2.45) is 17.8 Å². The van der Waals surface area contributed by atoms with Gasteiger partial charge in [0.05, 0.1) is 0 Å². The van der Waals surface area contributed by atoms with Crippen LogP contribution in [0, 0.1) is 45.4 Å². The van der Waals surface area contributed by atoms with E-state index in [9.17, 15) is 0 Å². The highest BCUT2D eigenvalue weighted by atomic mass is 15.1. The Morgan fingerprint density at radius 1 is 0.730 bits per heavy atom. The lowest BCUT2D eigenvalue weighted by Crippen LogP contribution is -2.48. The van der Waals surface area contributed by atoms with Crippen molar-refractivity contribution in [3.05, 3.63) is 99.9 Å². The number of aromatic nitrogens is 2. The number of hydrogen-bond donors (Lipinski definition) is 0. The van der Waals surface area contributed by atoms with Gasteiger partial charge in [0, 0.05) is 0 Å². The van der Waals surface area contributed by atoms with E-state index >= 15 is 0 Å². The first-order chi connectivity index (χ1) is 17.8. The predicted octanol–water partition coefficient (Wildman–Crippen LogP) is 7.73. The highest BCUT2D eigenvalue weighted by Gasteiger charge is 2.51. The maximum Gasteiger partial charge on any atom is 0.245 e. The number of benzene rings is 3. The highest BCUT2D eigenvalue weighted by molar-refractivity contribution is 5.74. The summed E-state index contributed by atoms with van der Waals surface area (Å²) in [6.45, 7) is 10.7. The molecule has 4 saturated carbocycles. The molecule has 0 aliphatic heterocycles. The maximum atomic E-state index is 2.49. The minimum absolute atomic E-state index is 0.483. The van der Waals surface area contributed by atoms with Gasteiger partial charge in [-0.15, -0.1) is 0 Å². The molecule has 4 aromatic rings. The summed E-state index contributed by atoms with van der Waals surface area (Å²) in [6, 6.07) is 21.5. The number of hydrogen-bond acceptors (Lipinski definition) is 0. The summed E-state index contributed by atoms with van der Waals surface area (Å²) in [7, 11) is 0. The van der Waals surface area contributed by atoms with Crippen LogP contribution in [0.25, 0.3) is 11.0 Å². The Bertz CT molecular complexity index is 1430. The van der Waals surface area contributed by atoms with E-state index in [0.29, 0.717) is 5.41 Å². The van der Waals surface area contributed by atoms with E-state index in [1.807, 2.05) is 0 Å². The fraction of sp³-hybridized carbons (Fsp3) is 0.457. The normalized spacial score (nSPS) is 26.3. The van der Waals surface area contributed by atoms with Gasteiger partial charge in [0.25, 0.3) is 0 Å². The molecule has 0 amide bonds. The van der Waals surface area contributed by atoms with E-state index in [2.05, 4.69) is 97.8 Å². The Morgan fingerprint density at radius 3 is 1.95 bits per heavy atom. The Hall–Kier alpha value is -2.87. The molecule has 4 aliphatic carbocycles. The fourth-order valence-electron chi connectivity index (χ4n) is 8.77. The molecule has 3 aromatic carbocycles. The molecule has 0 atom stereocenters. The van der Waals surface area contributed by atoms with Crippen LogP contribution >= 0.6 is 0 Å². The van der Waals surface area contributed by atoms with Crippen LogP contribution in [0.5, 0.6) is 0 Å². The first kappa shape index (κ1) is 23.3. The van der Waals surface area contributed by atoms with E-state index in [-0.39, 0.29) is 0 Å². The summed E-state index contributed by atoms with van der Waals surface area (Å²) >= 11 is 0. The highest BCUT2D eigenvalue weighted by Crippen LogP contribution is 2.60. The van der Waals surface area contributed by atoms with Gasteiger partial charge < -0.3 is 0 Å². The van der Waals surface area contributed by atoms with Crippen LogP contribution < -0.4 is 4.57 Å². The molecule has 0 saturated heterocycles. The van der Waals surface area contributed by atoms with Crippen LogP contribution in [0.15, 0.2) is 60.9 Å². The van der Waals surface area contributed by atoms with Gasteiger partial charge in [-0.05, 0) is 129 Å². The zero-order chi connectivity index (χ0) is 25.3. The molecule has 1 heterocycles. The monoisotopic (exact) mass is 489 g/mol. The lowest BCUT2D eigenvalue weighted by atomic mass is 9.48. The summed E-state index contributed by atoms with van der Waals surface area (Å²) in [6.07, 6.45) is 11.2. The van der Waals surface area contributed by atoms with E-state index in [4.69, 9.17) is 0 Å². The molecular weight excluding hydrogens is 448 g/mol.